The first kappa shape index (κ1) is 14.3. The molecule has 2 N–H and O–H groups in total. The lowest BCUT2D eigenvalue weighted by Gasteiger charge is -2.34. The van der Waals surface area contributed by atoms with Gasteiger partial charge in [0.25, 0.3) is 0 Å². The van der Waals surface area contributed by atoms with Crippen molar-refractivity contribution in [1.82, 2.24) is 4.90 Å². The summed E-state index contributed by atoms with van der Waals surface area (Å²) in [6, 6.07) is -0.410. The van der Waals surface area contributed by atoms with Crippen molar-refractivity contribution in [3.8, 4) is 0 Å². The number of hydrogen-bond donors (Lipinski definition) is 2. The first-order valence-corrected chi connectivity index (χ1v) is 5.91. The SMILES string of the molecule is CC(C)(C)OC(=O)N1C[C@@H](O)C[C@@H]1C(C)(C)O. The first-order chi connectivity index (χ1) is 7.50. The van der Waals surface area contributed by atoms with Crippen LogP contribution in [0.5, 0.6) is 0 Å². The van der Waals surface area contributed by atoms with Crippen LogP contribution in [0.25, 0.3) is 0 Å². The Bertz CT molecular complexity index is 290. The van der Waals surface area contributed by atoms with Gasteiger partial charge < -0.3 is 14.9 Å². The maximum absolute atomic E-state index is 11.9. The quantitative estimate of drug-likeness (QED) is 0.726. The van der Waals surface area contributed by atoms with Crippen molar-refractivity contribution in [3.63, 3.8) is 0 Å². The van der Waals surface area contributed by atoms with Gasteiger partial charge in [-0.3, -0.25) is 4.90 Å². The number of ether oxygens (including phenoxy) is 1. The molecule has 0 aliphatic carbocycles. The zero-order valence-corrected chi connectivity index (χ0v) is 11.2. The summed E-state index contributed by atoms with van der Waals surface area (Å²) in [7, 11) is 0. The number of likely N-dealkylation sites (tertiary alicyclic amines) is 1. The molecule has 0 aromatic heterocycles. The van der Waals surface area contributed by atoms with Crippen LogP contribution in [0.15, 0.2) is 0 Å². The Balaban J connectivity index is 2.78. The molecule has 1 heterocycles. The zero-order valence-electron chi connectivity index (χ0n) is 11.2. The van der Waals surface area contributed by atoms with Gasteiger partial charge in [0, 0.05) is 0 Å². The predicted molar refractivity (Wildman–Crippen MR) is 63.6 cm³/mol. The summed E-state index contributed by atoms with van der Waals surface area (Å²) in [6.45, 7) is 8.84. The molecule has 0 radical (unpaired) electrons. The number of rotatable bonds is 1. The summed E-state index contributed by atoms with van der Waals surface area (Å²) in [5, 5.41) is 19.6. The lowest BCUT2D eigenvalue weighted by Crippen LogP contribution is -2.49. The van der Waals surface area contributed by atoms with Crippen molar-refractivity contribution >= 4 is 6.09 Å². The molecule has 5 nitrogen and oxygen atoms in total. The van der Waals surface area contributed by atoms with Gasteiger partial charge >= 0.3 is 6.09 Å². The highest BCUT2D eigenvalue weighted by molar-refractivity contribution is 5.69. The average Bonchev–Trinajstić information content (AvgIpc) is 2.43. The molecule has 1 saturated heterocycles. The molecule has 1 rings (SSSR count). The van der Waals surface area contributed by atoms with Crippen molar-refractivity contribution in [3.05, 3.63) is 0 Å². The van der Waals surface area contributed by atoms with Crippen molar-refractivity contribution in [2.45, 2.75) is 64.4 Å². The number of amides is 1. The van der Waals surface area contributed by atoms with Gasteiger partial charge in [-0.15, -0.1) is 0 Å². The highest BCUT2D eigenvalue weighted by atomic mass is 16.6. The Hall–Kier alpha value is -0.810. The third-order valence-corrected chi connectivity index (χ3v) is 2.72. The number of carbonyl (C=O) groups is 1. The van der Waals surface area contributed by atoms with E-state index in [1.165, 1.54) is 4.90 Å². The molecule has 1 aliphatic heterocycles. The third kappa shape index (κ3) is 3.85. The van der Waals surface area contributed by atoms with Crippen LogP contribution in [0.4, 0.5) is 4.79 Å². The van der Waals surface area contributed by atoms with E-state index in [9.17, 15) is 15.0 Å². The summed E-state index contributed by atoms with van der Waals surface area (Å²) >= 11 is 0. The Kier molecular flexibility index (Phi) is 3.74. The Morgan fingerprint density at radius 1 is 1.29 bits per heavy atom. The van der Waals surface area contributed by atoms with E-state index in [-0.39, 0.29) is 6.54 Å². The van der Waals surface area contributed by atoms with Gasteiger partial charge in [-0.05, 0) is 41.0 Å². The molecule has 5 heteroatoms. The van der Waals surface area contributed by atoms with E-state index in [0.29, 0.717) is 6.42 Å². The van der Waals surface area contributed by atoms with E-state index >= 15 is 0 Å². The van der Waals surface area contributed by atoms with Gasteiger partial charge in [-0.2, -0.15) is 0 Å². The minimum Gasteiger partial charge on any atom is -0.444 e. The van der Waals surface area contributed by atoms with Crippen molar-refractivity contribution in [1.29, 1.82) is 0 Å². The fourth-order valence-corrected chi connectivity index (χ4v) is 2.01. The smallest absolute Gasteiger partial charge is 0.410 e. The summed E-state index contributed by atoms with van der Waals surface area (Å²) in [5.74, 6) is 0. The molecule has 0 spiro atoms. The Labute approximate surface area is 102 Å². The lowest BCUT2D eigenvalue weighted by molar-refractivity contribution is -0.0240. The molecule has 0 saturated carbocycles. The van der Waals surface area contributed by atoms with Gasteiger partial charge in [-0.25, -0.2) is 4.79 Å². The fraction of sp³-hybridized carbons (Fsp3) is 0.917. The number of carbonyl (C=O) groups excluding carboxylic acids is 1. The highest BCUT2D eigenvalue weighted by Gasteiger charge is 2.43. The fourth-order valence-electron chi connectivity index (χ4n) is 2.01. The second-order valence-corrected chi connectivity index (χ2v) is 6.19. The van der Waals surface area contributed by atoms with Gasteiger partial charge in [0.2, 0.25) is 0 Å². The van der Waals surface area contributed by atoms with E-state index < -0.39 is 29.4 Å². The summed E-state index contributed by atoms with van der Waals surface area (Å²) in [4.78, 5) is 13.4. The molecule has 0 aromatic rings. The first-order valence-electron chi connectivity index (χ1n) is 5.91. The summed E-state index contributed by atoms with van der Waals surface area (Å²) in [5.41, 5.74) is -1.62. The van der Waals surface area contributed by atoms with E-state index in [1.54, 1.807) is 34.6 Å². The Morgan fingerprint density at radius 2 is 1.82 bits per heavy atom. The van der Waals surface area contributed by atoms with Crippen LogP contribution in [0, 0.1) is 0 Å². The van der Waals surface area contributed by atoms with E-state index in [0.717, 1.165) is 0 Å². The van der Waals surface area contributed by atoms with Crippen LogP contribution in [0.3, 0.4) is 0 Å². The summed E-state index contributed by atoms with van der Waals surface area (Å²) in [6.07, 6.45) is -0.706. The minimum atomic E-state index is -1.05. The maximum Gasteiger partial charge on any atom is 0.410 e. The third-order valence-electron chi connectivity index (χ3n) is 2.72. The van der Waals surface area contributed by atoms with Gasteiger partial charge in [0.1, 0.15) is 5.60 Å². The molecule has 1 aliphatic rings. The molecular formula is C12H23NO4. The number of aliphatic hydroxyl groups excluding tert-OH is 1. The van der Waals surface area contributed by atoms with Crippen LogP contribution in [0.1, 0.15) is 41.0 Å². The van der Waals surface area contributed by atoms with Crippen LogP contribution < -0.4 is 0 Å². The lowest BCUT2D eigenvalue weighted by atomic mass is 9.96. The van der Waals surface area contributed by atoms with Crippen LogP contribution in [-0.4, -0.2) is 51.1 Å². The van der Waals surface area contributed by atoms with Gasteiger partial charge in [0.05, 0.1) is 24.3 Å². The molecular weight excluding hydrogens is 222 g/mol. The molecule has 100 valence electrons. The van der Waals surface area contributed by atoms with E-state index in [4.69, 9.17) is 4.74 Å². The monoisotopic (exact) mass is 245 g/mol. The topological polar surface area (TPSA) is 70.0 Å². The predicted octanol–water partition coefficient (Wildman–Crippen LogP) is 1.13. The zero-order chi connectivity index (χ0) is 13.4. The van der Waals surface area contributed by atoms with Crippen molar-refractivity contribution in [2.24, 2.45) is 0 Å². The summed E-state index contributed by atoms with van der Waals surface area (Å²) < 4.78 is 5.26. The largest absolute Gasteiger partial charge is 0.444 e. The van der Waals surface area contributed by atoms with Crippen LogP contribution in [0.2, 0.25) is 0 Å². The number of β-amino-alcohol motifs (C(OH)–C–C–N with tert-alkyl or cyclic N) is 1. The minimum absolute atomic E-state index is 0.212. The van der Waals surface area contributed by atoms with Crippen molar-refractivity contribution < 1.29 is 19.7 Å². The average molecular weight is 245 g/mol. The second kappa shape index (κ2) is 4.46. The van der Waals surface area contributed by atoms with E-state index in [1.807, 2.05) is 0 Å². The molecule has 1 fully saturated rings. The van der Waals surface area contributed by atoms with E-state index in [2.05, 4.69) is 0 Å². The molecule has 1 amide bonds. The van der Waals surface area contributed by atoms with Gasteiger partial charge in [0.15, 0.2) is 0 Å². The second-order valence-electron chi connectivity index (χ2n) is 6.19. The molecule has 2 atom stereocenters. The maximum atomic E-state index is 11.9. The van der Waals surface area contributed by atoms with Crippen molar-refractivity contribution in [2.75, 3.05) is 6.54 Å². The number of nitrogens with zero attached hydrogens (tertiary/aromatic N) is 1. The normalized spacial score (nSPS) is 26.2. The van der Waals surface area contributed by atoms with Gasteiger partial charge in [-0.1, -0.05) is 0 Å². The highest BCUT2D eigenvalue weighted by Crippen LogP contribution is 2.28. The van der Waals surface area contributed by atoms with Crippen LogP contribution in [-0.2, 0) is 4.74 Å². The van der Waals surface area contributed by atoms with Crippen LogP contribution >= 0.6 is 0 Å². The number of aliphatic hydroxyl groups is 2. The molecule has 0 aromatic carbocycles. The Morgan fingerprint density at radius 3 is 2.24 bits per heavy atom. The standard InChI is InChI=1S/C12H23NO4/c1-11(2,3)17-10(15)13-7-8(14)6-9(13)12(4,5)16/h8-9,14,16H,6-7H2,1-5H3/t8-,9+/m0/s1. The molecule has 17 heavy (non-hydrogen) atoms. The molecule has 0 unspecified atom stereocenters. The number of hydrogen-bond acceptors (Lipinski definition) is 4. The molecule has 0 bridgehead atoms.